The molecule has 0 spiro atoms. The molecule has 0 amide bonds. The summed E-state index contributed by atoms with van der Waals surface area (Å²) in [4.78, 5) is 2.43. The fourth-order valence-electron chi connectivity index (χ4n) is 3.00. The third-order valence-electron chi connectivity index (χ3n) is 4.09. The average Bonchev–Trinajstić information content (AvgIpc) is 2.40. The monoisotopic (exact) mass is 247 g/mol. The van der Waals surface area contributed by atoms with Crippen LogP contribution in [0.3, 0.4) is 0 Å². The largest absolute Gasteiger partial charge is 0.396 e. The van der Waals surface area contributed by atoms with Gasteiger partial charge in [0.25, 0.3) is 0 Å². The average molecular weight is 247 g/mol. The third kappa shape index (κ3) is 4.11. The molecular formula is C16H25NO. The third-order valence-corrected chi connectivity index (χ3v) is 4.09. The van der Waals surface area contributed by atoms with Crippen LogP contribution < -0.4 is 0 Å². The van der Waals surface area contributed by atoms with E-state index in [1.807, 2.05) is 0 Å². The molecule has 18 heavy (non-hydrogen) atoms. The quantitative estimate of drug-likeness (QED) is 0.865. The van der Waals surface area contributed by atoms with Crippen molar-refractivity contribution in [2.45, 2.75) is 32.2 Å². The number of rotatable bonds is 5. The Morgan fingerprint density at radius 1 is 1.06 bits per heavy atom. The van der Waals surface area contributed by atoms with Crippen LogP contribution in [-0.2, 0) is 6.54 Å². The molecule has 0 atom stereocenters. The van der Waals surface area contributed by atoms with Gasteiger partial charge in [-0.1, -0.05) is 30.3 Å². The summed E-state index contributed by atoms with van der Waals surface area (Å²) in [6, 6.07) is 10.7. The van der Waals surface area contributed by atoms with E-state index in [4.69, 9.17) is 5.11 Å². The van der Waals surface area contributed by atoms with Crippen molar-refractivity contribution in [3.63, 3.8) is 0 Å². The summed E-state index contributed by atoms with van der Waals surface area (Å²) in [7, 11) is 2.21. The Morgan fingerprint density at radius 2 is 1.67 bits per heavy atom. The molecule has 0 aromatic heterocycles. The van der Waals surface area contributed by atoms with Crippen molar-refractivity contribution < 1.29 is 5.11 Å². The minimum atomic E-state index is 0.382. The minimum absolute atomic E-state index is 0.382. The summed E-state index contributed by atoms with van der Waals surface area (Å²) in [5.74, 6) is 1.39. The zero-order chi connectivity index (χ0) is 12.8. The second-order valence-corrected chi connectivity index (χ2v) is 5.75. The van der Waals surface area contributed by atoms with Gasteiger partial charge in [-0.05, 0) is 50.1 Å². The summed E-state index contributed by atoms with van der Waals surface area (Å²) in [5, 5.41) is 9.14. The van der Waals surface area contributed by atoms with Crippen LogP contribution in [0.2, 0.25) is 0 Å². The lowest BCUT2D eigenvalue weighted by Gasteiger charge is -2.30. The Kier molecular flexibility index (Phi) is 5.21. The van der Waals surface area contributed by atoms with Crippen molar-refractivity contribution in [3.05, 3.63) is 35.9 Å². The number of hydrogen-bond acceptors (Lipinski definition) is 2. The lowest BCUT2D eigenvalue weighted by Crippen LogP contribution is -2.28. The van der Waals surface area contributed by atoms with E-state index in [9.17, 15) is 0 Å². The summed E-state index contributed by atoms with van der Waals surface area (Å²) in [6.45, 7) is 2.61. The highest BCUT2D eigenvalue weighted by molar-refractivity contribution is 5.14. The SMILES string of the molecule is CN(Cc1ccccc1)CC1CCC(CO)CC1. The molecule has 2 nitrogen and oxygen atoms in total. The summed E-state index contributed by atoms with van der Waals surface area (Å²) >= 11 is 0. The first-order valence-corrected chi connectivity index (χ1v) is 7.11. The van der Waals surface area contributed by atoms with Gasteiger partial charge in [-0.2, -0.15) is 0 Å². The lowest BCUT2D eigenvalue weighted by atomic mass is 9.82. The Labute approximate surface area is 111 Å². The molecule has 0 saturated heterocycles. The molecule has 100 valence electrons. The van der Waals surface area contributed by atoms with Gasteiger partial charge in [-0.25, -0.2) is 0 Å². The zero-order valence-electron chi connectivity index (χ0n) is 11.4. The maximum absolute atomic E-state index is 9.14. The Morgan fingerprint density at radius 3 is 2.28 bits per heavy atom. The second kappa shape index (κ2) is 6.91. The first kappa shape index (κ1) is 13.6. The van der Waals surface area contributed by atoms with Gasteiger partial charge < -0.3 is 10.0 Å². The number of hydrogen-bond donors (Lipinski definition) is 1. The van der Waals surface area contributed by atoms with E-state index in [-0.39, 0.29) is 0 Å². The highest BCUT2D eigenvalue weighted by Gasteiger charge is 2.21. The molecule has 1 fully saturated rings. The van der Waals surface area contributed by atoms with Crippen LogP contribution in [0.15, 0.2) is 30.3 Å². The van der Waals surface area contributed by atoms with Gasteiger partial charge in [0.1, 0.15) is 0 Å². The molecule has 1 saturated carbocycles. The molecule has 2 heteroatoms. The van der Waals surface area contributed by atoms with Gasteiger partial charge in [0.15, 0.2) is 0 Å². The normalized spacial score (nSPS) is 24.4. The molecule has 1 aliphatic rings. The van der Waals surface area contributed by atoms with E-state index in [1.165, 1.54) is 37.8 Å². The van der Waals surface area contributed by atoms with Crippen LogP contribution >= 0.6 is 0 Å². The van der Waals surface area contributed by atoms with E-state index >= 15 is 0 Å². The van der Waals surface area contributed by atoms with Gasteiger partial charge in [0, 0.05) is 19.7 Å². The van der Waals surface area contributed by atoms with Crippen LogP contribution in [0.1, 0.15) is 31.2 Å². The highest BCUT2D eigenvalue weighted by atomic mass is 16.3. The summed E-state index contributed by atoms with van der Waals surface area (Å²) in [5.41, 5.74) is 1.39. The molecule has 1 N–H and O–H groups in total. The van der Waals surface area contributed by atoms with Crippen LogP contribution in [0.25, 0.3) is 0 Å². The summed E-state index contributed by atoms with van der Waals surface area (Å²) in [6.07, 6.45) is 4.98. The van der Waals surface area contributed by atoms with E-state index in [1.54, 1.807) is 0 Å². The van der Waals surface area contributed by atoms with Crippen molar-refractivity contribution in [2.24, 2.45) is 11.8 Å². The second-order valence-electron chi connectivity index (χ2n) is 5.75. The van der Waals surface area contributed by atoms with Gasteiger partial charge in [0.2, 0.25) is 0 Å². The molecule has 0 heterocycles. The topological polar surface area (TPSA) is 23.5 Å². The Bertz CT molecular complexity index is 330. The molecule has 0 bridgehead atoms. The first-order valence-electron chi connectivity index (χ1n) is 7.11. The molecule has 1 aromatic rings. The minimum Gasteiger partial charge on any atom is -0.396 e. The van der Waals surface area contributed by atoms with Crippen molar-refractivity contribution in [3.8, 4) is 0 Å². The maximum Gasteiger partial charge on any atom is 0.0459 e. The van der Waals surface area contributed by atoms with Crippen LogP contribution in [0.4, 0.5) is 0 Å². The fraction of sp³-hybridized carbons (Fsp3) is 0.625. The van der Waals surface area contributed by atoms with Crippen molar-refractivity contribution >= 4 is 0 Å². The fourth-order valence-corrected chi connectivity index (χ4v) is 3.00. The van der Waals surface area contributed by atoms with Gasteiger partial charge in [-0.3, -0.25) is 0 Å². The highest BCUT2D eigenvalue weighted by Crippen LogP contribution is 2.28. The van der Waals surface area contributed by atoms with Crippen LogP contribution in [0.5, 0.6) is 0 Å². The standard InChI is InChI=1S/C16H25NO/c1-17(11-14-5-3-2-4-6-14)12-15-7-9-16(13-18)10-8-15/h2-6,15-16,18H,7-13H2,1H3. The maximum atomic E-state index is 9.14. The van der Waals surface area contributed by atoms with Gasteiger partial charge >= 0.3 is 0 Å². The van der Waals surface area contributed by atoms with Crippen LogP contribution in [-0.4, -0.2) is 30.2 Å². The number of nitrogens with zero attached hydrogens (tertiary/aromatic N) is 1. The zero-order valence-corrected chi connectivity index (χ0v) is 11.4. The molecule has 1 aliphatic carbocycles. The van der Waals surface area contributed by atoms with E-state index < -0.39 is 0 Å². The molecule has 2 rings (SSSR count). The number of aliphatic hydroxyl groups excluding tert-OH is 1. The van der Waals surface area contributed by atoms with E-state index in [0.29, 0.717) is 12.5 Å². The van der Waals surface area contributed by atoms with Crippen molar-refractivity contribution in [1.82, 2.24) is 4.90 Å². The van der Waals surface area contributed by atoms with Gasteiger partial charge in [0.05, 0.1) is 0 Å². The first-order chi connectivity index (χ1) is 8.78. The predicted octanol–water partition coefficient (Wildman–Crippen LogP) is 2.92. The van der Waals surface area contributed by atoms with E-state index in [0.717, 1.165) is 12.5 Å². The molecule has 0 radical (unpaired) electrons. The lowest BCUT2D eigenvalue weighted by molar-refractivity contribution is 0.147. The Balaban J connectivity index is 1.73. The van der Waals surface area contributed by atoms with Gasteiger partial charge in [-0.15, -0.1) is 0 Å². The molecule has 1 aromatic carbocycles. The number of aliphatic hydroxyl groups is 1. The van der Waals surface area contributed by atoms with Crippen molar-refractivity contribution in [2.75, 3.05) is 20.2 Å². The smallest absolute Gasteiger partial charge is 0.0459 e. The molecule has 0 aliphatic heterocycles. The molecular weight excluding hydrogens is 222 g/mol. The van der Waals surface area contributed by atoms with Crippen LogP contribution in [0, 0.1) is 11.8 Å². The molecule has 0 unspecified atom stereocenters. The Hall–Kier alpha value is -0.860. The summed E-state index contributed by atoms with van der Waals surface area (Å²) < 4.78 is 0. The van der Waals surface area contributed by atoms with Crippen molar-refractivity contribution in [1.29, 1.82) is 0 Å². The number of benzene rings is 1. The predicted molar refractivity (Wildman–Crippen MR) is 75.3 cm³/mol. The van der Waals surface area contributed by atoms with E-state index in [2.05, 4.69) is 42.3 Å².